The summed E-state index contributed by atoms with van der Waals surface area (Å²) in [4.78, 5) is 12.3. The lowest BCUT2D eigenvalue weighted by Crippen LogP contribution is -2.23. The first-order chi connectivity index (χ1) is 9.72. The van der Waals surface area contributed by atoms with Crippen LogP contribution in [0.2, 0.25) is 0 Å². The van der Waals surface area contributed by atoms with Crippen molar-refractivity contribution in [2.45, 2.75) is 25.8 Å². The van der Waals surface area contributed by atoms with Gasteiger partial charge in [-0.3, -0.25) is 4.79 Å². The summed E-state index contributed by atoms with van der Waals surface area (Å²) in [6, 6.07) is 5.47. The van der Waals surface area contributed by atoms with E-state index in [1.807, 2.05) is 12.1 Å². The number of pyridine rings is 1. The second-order valence-electron chi connectivity index (χ2n) is 5.00. The van der Waals surface area contributed by atoms with Crippen LogP contribution in [0.5, 0.6) is 11.5 Å². The van der Waals surface area contributed by atoms with E-state index in [1.54, 1.807) is 17.7 Å². The van der Waals surface area contributed by atoms with Crippen LogP contribution in [0.25, 0.3) is 10.9 Å². The molecule has 0 atom stereocenters. The fourth-order valence-electron chi connectivity index (χ4n) is 2.69. The Kier molecular flexibility index (Phi) is 3.26. The highest BCUT2D eigenvalue weighted by molar-refractivity contribution is 5.89. The van der Waals surface area contributed by atoms with Gasteiger partial charge in [0.25, 0.3) is 5.56 Å². The molecule has 0 aliphatic carbocycles. The average Bonchev–Trinajstić information content (AvgIpc) is 2.56. The van der Waals surface area contributed by atoms with Gasteiger partial charge in [0.15, 0.2) is 11.5 Å². The molecule has 0 fully saturated rings. The Morgan fingerprint density at radius 1 is 1.30 bits per heavy atom. The van der Waals surface area contributed by atoms with Gasteiger partial charge >= 0.3 is 0 Å². The van der Waals surface area contributed by atoms with Crippen LogP contribution in [0.4, 0.5) is 5.69 Å². The first-order valence-corrected chi connectivity index (χ1v) is 6.85. The fourth-order valence-corrected chi connectivity index (χ4v) is 2.69. The Morgan fingerprint density at radius 3 is 2.95 bits per heavy atom. The molecule has 1 aromatic carbocycles. The minimum absolute atomic E-state index is 0.155. The number of nitrogens with zero attached hydrogens (tertiary/aromatic N) is 1. The van der Waals surface area contributed by atoms with Gasteiger partial charge in [-0.1, -0.05) is 0 Å². The van der Waals surface area contributed by atoms with Gasteiger partial charge in [-0.05, 0) is 37.5 Å². The van der Waals surface area contributed by atoms with Gasteiger partial charge in [0.1, 0.15) is 0 Å². The van der Waals surface area contributed by atoms with Gasteiger partial charge in [-0.15, -0.1) is 0 Å². The molecule has 1 aliphatic rings. The molecular weight excluding hydrogens is 256 g/mol. The van der Waals surface area contributed by atoms with Crippen molar-refractivity contribution < 1.29 is 9.47 Å². The Balaban J connectivity index is 2.39. The van der Waals surface area contributed by atoms with Gasteiger partial charge in [-0.2, -0.15) is 0 Å². The Labute approximate surface area is 116 Å². The summed E-state index contributed by atoms with van der Waals surface area (Å²) < 4.78 is 13.0. The summed E-state index contributed by atoms with van der Waals surface area (Å²) in [5.74, 6) is 1.29. The lowest BCUT2D eigenvalue weighted by molar-refractivity contribution is 0.290. The summed E-state index contributed by atoms with van der Waals surface area (Å²) in [5.41, 5.74) is 6.73. The van der Waals surface area contributed by atoms with E-state index in [0.29, 0.717) is 24.7 Å². The molecule has 0 saturated heterocycles. The predicted octanol–water partition coefficient (Wildman–Crippen LogP) is 2.16. The highest BCUT2D eigenvalue weighted by atomic mass is 16.5. The third kappa shape index (κ3) is 1.99. The van der Waals surface area contributed by atoms with E-state index in [2.05, 4.69) is 0 Å². The third-order valence-corrected chi connectivity index (χ3v) is 3.69. The van der Waals surface area contributed by atoms with E-state index >= 15 is 0 Å². The average molecular weight is 274 g/mol. The minimum Gasteiger partial charge on any atom is -0.493 e. The number of aryl methyl sites for hydroxylation is 1. The van der Waals surface area contributed by atoms with Crippen LogP contribution in [0.3, 0.4) is 0 Å². The third-order valence-electron chi connectivity index (χ3n) is 3.69. The summed E-state index contributed by atoms with van der Waals surface area (Å²) in [6.45, 7) is 1.29. The first-order valence-electron chi connectivity index (χ1n) is 6.85. The van der Waals surface area contributed by atoms with E-state index in [0.717, 1.165) is 30.2 Å². The number of hydrogen-bond acceptors (Lipinski definition) is 4. The van der Waals surface area contributed by atoms with Crippen LogP contribution in [0.1, 0.15) is 19.3 Å². The Bertz CT molecular complexity index is 706. The molecule has 5 nitrogen and oxygen atoms in total. The summed E-state index contributed by atoms with van der Waals surface area (Å²) in [7, 11) is 1.60. The van der Waals surface area contributed by atoms with E-state index < -0.39 is 0 Å². The number of benzene rings is 1. The molecule has 2 N–H and O–H groups in total. The maximum Gasteiger partial charge on any atom is 0.274 e. The first kappa shape index (κ1) is 12.8. The molecule has 0 spiro atoms. The fraction of sp³-hybridized carbons (Fsp3) is 0.400. The highest BCUT2D eigenvalue weighted by Gasteiger charge is 2.17. The minimum atomic E-state index is -0.155. The van der Waals surface area contributed by atoms with Crippen LogP contribution < -0.4 is 20.8 Å². The summed E-state index contributed by atoms with van der Waals surface area (Å²) in [6.07, 6.45) is 2.94. The number of hydrogen-bond donors (Lipinski definition) is 1. The second kappa shape index (κ2) is 5.07. The summed E-state index contributed by atoms with van der Waals surface area (Å²) >= 11 is 0. The van der Waals surface area contributed by atoms with Crippen molar-refractivity contribution in [3.63, 3.8) is 0 Å². The van der Waals surface area contributed by atoms with Crippen LogP contribution in [-0.2, 0) is 6.54 Å². The number of methoxy groups -OCH3 is 1. The number of rotatable bonds is 1. The Hall–Kier alpha value is -2.17. The highest BCUT2D eigenvalue weighted by Crippen LogP contribution is 2.36. The molecule has 3 rings (SSSR count). The zero-order chi connectivity index (χ0) is 14.1. The Morgan fingerprint density at radius 2 is 2.15 bits per heavy atom. The summed E-state index contributed by atoms with van der Waals surface area (Å²) in [5, 5.41) is 0.903. The molecule has 1 aliphatic heterocycles. The molecule has 0 amide bonds. The lowest BCUT2D eigenvalue weighted by atomic mass is 10.1. The topological polar surface area (TPSA) is 66.5 Å². The molecule has 0 saturated carbocycles. The second-order valence-corrected chi connectivity index (χ2v) is 5.00. The van der Waals surface area contributed by atoms with E-state index in [4.69, 9.17) is 15.2 Å². The SMILES string of the molecule is COc1ccc2cc(N)c(=O)n3c2c1OCCCCC3. The quantitative estimate of drug-likeness (QED) is 0.865. The molecule has 2 heterocycles. The van der Waals surface area contributed by atoms with Crippen molar-refractivity contribution >= 4 is 16.6 Å². The van der Waals surface area contributed by atoms with Gasteiger partial charge in [-0.25, -0.2) is 0 Å². The lowest BCUT2D eigenvalue weighted by Gasteiger charge is -2.16. The van der Waals surface area contributed by atoms with Crippen molar-refractivity contribution in [3.05, 3.63) is 28.6 Å². The number of aromatic nitrogens is 1. The number of ether oxygens (including phenoxy) is 2. The maximum atomic E-state index is 12.3. The molecule has 0 unspecified atom stereocenters. The molecule has 5 heteroatoms. The van der Waals surface area contributed by atoms with Crippen LogP contribution in [0, 0.1) is 0 Å². The largest absolute Gasteiger partial charge is 0.493 e. The predicted molar refractivity (Wildman–Crippen MR) is 78.5 cm³/mol. The molecule has 106 valence electrons. The monoisotopic (exact) mass is 274 g/mol. The maximum absolute atomic E-state index is 12.3. The van der Waals surface area contributed by atoms with Gasteiger partial charge in [0.2, 0.25) is 0 Å². The standard InChI is InChI=1S/C15H18N2O3/c1-19-12-6-5-10-9-11(16)15(18)17-7-3-2-4-8-20-14(12)13(10)17/h5-6,9H,2-4,7-8,16H2,1H3. The smallest absolute Gasteiger partial charge is 0.274 e. The van der Waals surface area contributed by atoms with Crippen LogP contribution in [-0.4, -0.2) is 18.3 Å². The van der Waals surface area contributed by atoms with E-state index in [-0.39, 0.29) is 11.2 Å². The van der Waals surface area contributed by atoms with Crippen LogP contribution in [0.15, 0.2) is 23.0 Å². The van der Waals surface area contributed by atoms with Gasteiger partial charge in [0.05, 0.1) is 24.9 Å². The zero-order valence-corrected chi connectivity index (χ0v) is 11.5. The van der Waals surface area contributed by atoms with E-state index in [9.17, 15) is 4.79 Å². The molecule has 0 bridgehead atoms. The zero-order valence-electron chi connectivity index (χ0n) is 11.5. The van der Waals surface area contributed by atoms with Crippen molar-refractivity contribution in [3.8, 4) is 11.5 Å². The molecule has 2 aromatic rings. The number of anilines is 1. The molecular formula is C15H18N2O3. The molecule has 1 aromatic heterocycles. The van der Waals surface area contributed by atoms with Gasteiger partial charge < -0.3 is 19.8 Å². The number of nitrogens with two attached hydrogens (primary N) is 1. The van der Waals surface area contributed by atoms with Crippen molar-refractivity contribution in [2.24, 2.45) is 0 Å². The normalized spacial score (nSPS) is 15.1. The number of nitrogen functional groups attached to an aromatic ring is 1. The van der Waals surface area contributed by atoms with Crippen LogP contribution >= 0.6 is 0 Å². The van der Waals surface area contributed by atoms with Crippen molar-refractivity contribution in [2.75, 3.05) is 19.5 Å². The molecule has 0 radical (unpaired) electrons. The van der Waals surface area contributed by atoms with E-state index in [1.165, 1.54) is 0 Å². The van der Waals surface area contributed by atoms with Crippen molar-refractivity contribution in [1.29, 1.82) is 0 Å². The molecule has 20 heavy (non-hydrogen) atoms. The van der Waals surface area contributed by atoms with Crippen molar-refractivity contribution in [1.82, 2.24) is 4.57 Å². The van der Waals surface area contributed by atoms with Gasteiger partial charge in [0, 0.05) is 11.9 Å².